The normalized spacial score (nSPS) is 19.2. The van der Waals surface area contributed by atoms with Crippen molar-refractivity contribution in [3.8, 4) is 5.75 Å². The summed E-state index contributed by atoms with van der Waals surface area (Å²) < 4.78 is 5.20. The van der Waals surface area contributed by atoms with E-state index >= 15 is 0 Å². The predicted octanol–water partition coefficient (Wildman–Crippen LogP) is 2.57. The summed E-state index contributed by atoms with van der Waals surface area (Å²) in [5.41, 5.74) is 7.29. The van der Waals surface area contributed by atoms with E-state index in [1.165, 1.54) is 44.3 Å². The number of ether oxygens (including phenoxy) is 1. The lowest BCUT2D eigenvalue weighted by molar-refractivity contribution is 0.209. The molecule has 0 spiro atoms. The first-order chi connectivity index (χ1) is 8.85. The smallest absolute Gasteiger partial charge is 0.118 e. The number of hydrogen-bond acceptors (Lipinski definition) is 3. The Morgan fingerprint density at radius 2 is 1.72 bits per heavy atom. The molecule has 0 radical (unpaired) electrons. The first-order valence-corrected chi connectivity index (χ1v) is 6.93. The van der Waals surface area contributed by atoms with Crippen molar-refractivity contribution in [1.29, 1.82) is 0 Å². The maximum absolute atomic E-state index is 5.98. The van der Waals surface area contributed by atoms with E-state index < -0.39 is 0 Å². The zero-order valence-corrected chi connectivity index (χ0v) is 11.3. The van der Waals surface area contributed by atoms with E-state index in [4.69, 9.17) is 10.5 Å². The van der Waals surface area contributed by atoms with Crippen molar-refractivity contribution >= 4 is 0 Å². The summed E-state index contributed by atoms with van der Waals surface area (Å²) >= 11 is 0. The van der Waals surface area contributed by atoms with Crippen LogP contribution >= 0.6 is 0 Å². The molecular weight excluding hydrogens is 224 g/mol. The molecule has 0 aliphatic carbocycles. The molecule has 1 unspecified atom stereocenters. The molecule has 1 aliphatic rings. The third-order valence-electron chi connectivity index (χ3n) is 3.81. The van der Waals surface area contributed by atoms with Gasteiger partial charge in [-0.3, -0.25) is 4.90 Å². The van der Waals surface area contributed by atoms with Crippen LogP contribution in [0.5, 0.6) is 5.75 Å². The molecule has 100 valence electrons. The summed E-state index contributed by atoms with van der Waals surface area (Å²) in [7, 11) is 1.70. The molecule has 1 aliphatic heterocycles. The Morgan fingerprint density at radius 1 is 1.11 bits per heavy atom. The maximum atomic E-state index is 5.98. The van der Waals surface area contributed by atoms with Gasteiger partial charge in [0.05, 0.1) is 7.11 Å². The van der Waals surface area contributed by atoms with Gasteiger partial charge in [-0.1, -0.05) is 25.0 Å². The van der Waals surface area contributed by atoms with Crippen LogP contribution < -0.4 is 10.5 Å². The SMILES string of the molecule is COc1ccc(C(CN)N2CCCCCC2)cc1. The summed E-state index contributed by atoms with van der Waals surface area (Å²) in [5.74, 6) is 0.908. The number of likely N-dealkylation sites (tertiary alicyclic amines) is 1. The fourth-order valence-corrected chi connectivity index (χ4v) is 2.73. The molecule has 3 nitrogen and oxygen atoms in total. The number of methoxy groups -OCH3 is 1. The second-order valence-electron chi connectivity index (χ2n) is 4.97. The van der Waals surface area contributed by atoms with Gasteiger partial charge in [0.1, 0.15) is 5.75 Å². The summed E-state index contributed by atoms with van der Waals surface area (Å²) in [5, 5.41) is 0. The lowest BCUT2D eigenvalue weighted by Gasteiger charge is -2.30. The van der Waals surface area contributed by atoms with E-state index in [9.17, 15) is 0 Å². The summed E-state index contributed by atoms with van der Waals surface area (Å²) in [6, 6.07) is 8.68. The van der Waals surface area contributed by atoms with Crippen molar-refractivity contribution < 1.29 is 4.74 Å². The second kappa shape index (κ2) is 6.76. The highest BCUT2D eigenvalue weighted by Gasteiger charge is 2.19. The minimum Gasteiger partial charge on any atom is -0.497 e. The summed E-state index contributed by atoms with van der Waals surface area (Å²) in [6.45, 7) is 3.04. The molecule has 18 heavy (non-hydrogen) atoms. The number of nitrogens with zero attached hydrogens (tertiary/aromatic N) is 1. The highest BCUT2D eigenvalue weighted by atomic mass is 16.5. The Kier molecular flexibility index (Phi) is 5.02. The molecule has 1 saturated heterocycles. The quantitative estimate of drug-likeness (QED) is 0.890. The average molecular weight is 248 g/mol. The van der Waals surface area contributed by atoms with Gasteiger partial charge in [0, 0.05) is 12.6 Å². The zero-order valence-electron chi connectivity index (χ0n) is 11.3. The van der Waals surface area contributed by atoms with Crippen molar-refractivity contribution in [2.75, 3.05) is 26.7 Å². The monoisotopic (exact) mass is 248 g/mol. The van der Waals surface area contributed by atoms with Gasteiger partial charge in [-0.05, 0) is 43.6 Å². The third-order valence-corrected chi connectivity index (χ3v) is 3.81. The van der Waals surface area contributed by atoms with Crippen LogP contribution in [0, 0.1) is 0 Å². The van der Waals surface area contributed by atoms with Gasteiger partial charge in [0.25, 0.3) is 0 Å². The predicted molar refractivity (Wildman–Crippen MR) is 74.8 cm³/mol. The van der Waals surface area contributed by atoms with Crippen LogP contribution in [0.25, 0.3) is 0 Å². The fraction of sp³-hybridized carbons (Fsp3) is 0.600. The van der Waals surface area contributed by atoms with Crippen LogP contribution in [-0.4, -0.2) is 31.6 Å². The summed E-state index contributed by atoms with van der Waals surface area (Å²) in [6.07, 6.45) is 5.31. The first-order valence-electron chi connectivity index (χ1n) is 6.93. The van der Waals surface area contributed by atoms with Crippen LogP contribution in [0.15, 0.2) is 24.3 Å². The van der Waals surface area contributed by atoms with Gasteiger partial charge >= 0.3 is 0 Å². The van der Waals surface area contributed by atoms with Gasteiger partial charge in [-0.15, -0.1) is 0 Å². The van der Waals surface area contributed by atoms with E-state index in [0.29, 0.717) is 12.6 Å². The van der Waals surface area contributed by atoms with Gasteiger partial charge < -0.3 is 10.5 Å². The van der Waals surface area contributed by atoms with Gasteiger partial charge in [-0.2, -0.15) is 0 Å². The van der Waals surface area contributed by atoms with Gasteiger partial charge in [0.2, 0.25) is 0 Å². The van der Waals surface area contributed by atoms with Crippen molar-refractivity contribution in [1.82, 2.24) is 4.90 Å². The highest BCUT2D eigenvalue weighted by Crippen LogP contribution is 2.24. The molecule has 1 fully saturated rings. The van der Waals surface area contributed by atoms with E-state index in [1.807, 2.05) is 12.1 Å². The number of benzene rings is 1. The largest absolute Gasteiger partial charge is 0.497 e. The first kappa shape index (κ1) is 13.4. The number of rotatable bonds is 4. The van der Waals surface area contributed by atoms with Crippen LogP contribution in [0.4, 0.5) is 0 Å². The molecule has 1 aromatic carbocycles. The van der Waals surface area contributed by atoms with E-state index in [0.717, 1.165) is 5.75 Å². The molecule has 3 heteroatoms. The Morgan fingerprint density at radius 3 is 2.22 bits per heavy atom. The van der Waals surface area contributed by atoms with Crippen LogP contribution in [0.2, 0.25) is 0 Å². The summed E-state index contributed by atoms with van der Waals surface area (Å²) in [4.78, 5) is 2.54. The number of nitrogens with two attached hydrogens (primary N) is 1. The van der Waals surface area contributed by atoms with Crippen molar-refractivity contribution in [2.24, 2.45) is 5.73 Å². The Labute approximate surface area is 110 Å². The molecule has 2 rings (SSSR count). The van der Waals surface area contributed by atoms with E-state index in [-0.39, 0.29) is 0 Å². The van der Waals surface area contributed by atoms with Gasteiger partial charge in [0.15, 0.2) is 0 Å². The standard InChI is InChI=1S/C15H24N2O/c1-18-14-8-6-13(7-9-14)15(12-16)17-10-4-2-3-5-11-17/h6-9,15H,2-5,10-12,16H2,1H3. The molecule has 0 saturated carbocycles. The molecule has 1 aromatic rings. The minimum absolute atomic E-state index is 0.356. The topological polar surface area (TPSA) is 38.5 Å². The second-order valence-corrected chi connectivity index (χ2v) is 4.97. The number of hydrogen-bond donors (Lipinski definition) is 1. The van der Waals surface area contributed by atoms with Crippen molar-refractivity contribution in [3.05, 3.63) is 29.8 Å². The maximum Gasteiger partial charge on any atom is 0.118 e. The Hall–Kier alpha value is -1.06. The van der Waals surface area contributed by atoms with Crippen molar-refractivity contribution in [2.45, 2.75) is 31.7 Å². The van der Waals surface area contributed by atoms with Gasteiger partial charge in [-0.25, -0.2) is 0 Å². The third kappa shape index (κ3) is 3.24. The van der Waals surface area contributed by atoms with Crippen molar-refractivity contribution in [3.63, 3.8) is 0 Å². The minimum atomic E-state index is 0.356. The molecular formula is C15H24N2O. The molecule has 0 bridgehead atoms. The molecule has 0 amide bonds. The van der Waals surface area contributed by atoms with Crippen LogP contribution in [0.3, 0.4) is 0 Å². The van der Waals surface area contributed by atoms with Crippen LogP contribution in [-0.2, 0) is 0 Å². The lowest BCUT2D eigenvalue weighted by Crippen LogP contribution is -2.34. The zero-order chi connectivity index (χ0) is 12.8. The molecule has 1 heterocycles. The fourth-order valence-electron chi connectivity index (χ4n) is 2.73. The Balaban J connectivity index is 2.10. The highest BCUT2D eigenvalue weighted by molar-refractivity contribution is 5.29. The lowest BCUT2D eigenvalue weighted by atomic mass is 10.0. The molecule has 0 aromatic heterocycles. The van der Waals surface area contributed by atoms with E-state index in [1.54, 1.807) is 7.11 Å². The average Bonchev–Trinajstić information content (AvgIpc) is 2.70. The van der Waals surface area contributed by atoms with E-state index in [2.05, 4.69) is 17.0 Å². The molecule has 1 atom stereocenters. The Bertz CT molecular complexity index is 342. The van der Waals surface area contributed by atoms with Crippen LogP contribution in [0.1, 0.15) is 37.3 Å². The molecule has 2 N–H and O–H groups in total.